The van der Waals surface area contributed by atoms with Crippen molar-refractivity contribution < 1.29 is 14.6 Å². The monoisotopic (exact) mass is 330 g/mol. The first-order valence-corrected chi connectivity index (χ1v) is 7.63. The second-order valence-electron chi connectivity index (χ2n) is 5.45. The highest BCUT2D eigenvalue weighted by Crippen LogP contribution is 2.28. The lowest BCUT2D eigenvalue weighted by atomic mass is 10.1. The number of rotatable bonds is 8. The SMILES string of the molecule is CCCOc1cc(CNCC2CNCC2O)ccc1OC.Cl. The standard InChI is InChI=1S/C16H26N2O3.ClH/c1-3-6-21-16-7-12(4-5-15(16)20-2)8-17-9-13-10-18-11-14(13)19;/h4-5,7,13-14,17-19H,3,6,8-11H2,1-2H3;1H. The van der Waals surface area contributed by atoms with E-state index in [0.29, 0.717) is 19.1 Å². The zero-order valence-electron chi connectivity index (χ0n) is 13.3. The van der Waals surface area contributed by atoms with Gasteiger partial charge in [0.2, 0.25) is 0 Å². The summed E-state index contributed by atoms with van der Waals surface area (Å²) in [5.41, 5.74) is 1.15. The van der Waals surface area contributed by atoms with Gasteiger partial charge in [0.15, 0.2) is 11.5 Å². The maximum atomic E-state index is 9.76. The van der Waals surface area contributed by atoms with Gasteiger partial charge < -0.3 is 25.2 Å². The normalized spacial score (nSPS) is 20.5. The molecule has 0 radical (unpaired) electrons. The molecule has 0 aliphatic carbocycles. The van der Waals surface area contributed by atoms with E-state index in [9.17, 15) is 5.11 Å². The minimum Gasteiger partial charge on any atom is -0.493 e. The van der Waals surface area contributed by atoms with E-state index in [1.807, 2.05) is 18.2 Å². The highest BCUT2D eigenvalue weighted by molar-refractivity contribution is 5.85. The average Bonchev–Trinajstić information content (AvgIpc) is 2.91. The molecule has 2 unspecified atom stereocenters. The Labute approximate surface area is 138 Å². The Morgan fingerprint density at radius 2 is 2.14 bits per heavy atom. The van der Waals surface area contributed by atoms with E-state index >= 15 is 0 Å². The van der Waals surface area contributed by atoms with Crippen LogP contribution in [-0.4, -0.2) is 44.6 Å². The Kier molecular flexibility index (Phi) is 8.56. The summed E-state index contributed by atoms with van der Waals surface area (Å²) in [6.45, 7) is 5.92. The molecular weight excluding hydrogens is 304 g/mol. The molecule has 1 aliphatic rings. The summed E-state index contributed by atoms with van der Waals surface area (Å²) in [5.74, 6) is 1.85. The Morgan fingerprint density at radius 1 is 1.32 bits per heavy atom. The van der Waals surface area contributed by atoms with E-state index in [1.165, 1.54) is 0 Å². The zero-order valence-corrected chi connectivity index (χ0v) is 14.1. The lowest BCUT2D eigenvalue weighted by Gasteiger charge is -2.15. The van der Waals surface area contributed by atoms with E-state index in [2.05, 4.69) is 17.6 Å². The summed E-state index contributed by atoms with van der Waals surface area (Å²) in [6, 6.07) is 5.99. The number of benzene rings is 1. The molecule has 0 saturated carbocycles. The van der Waals surface area contributed by atoms with Gasteiger partial charge in [0.25, 0.3) is 0 Å². The van der Waals surface area contributed by atoms with Crippen molar-refractivity contribution in [1.29, 1.82) is 0 Å². The number of nitrogens with one attached hydrogen (secondary N) is 2. The Hall–Kier alpha value is -1.01. The predicted octanol–water partition coefficient (Wildman–Crippen LogP) is 1.58. The van der Waals surface area contributed by atoms with Gasteiger partial charge >= 0.3 is 0 Å². The van der Waals surface area contributed by atoms with E-state index in [-0.39, 0.29) is 18.5 Å². The van der Waals surface area contributed by atoms with Crippen molar-refractivity contribution in [3.8, 4) is 11.5 Å². The molecule has 1 aromatic rings. The summed E-state index contributed by atoms with van der Waals surface area (Å²) in [4.78, 5) is 0. The molecule has 6 heteroatoms. The Balaban J connectivity index is 0.00000242. The molecule has 5 nitrogen and oxygen atoms in total. The van der Waals surface area contributed by atoms with Crippen LogP contribution < -0.4 is 20.1 Å². The van der Waals surface area contributed by atoms with E-state index in [1.54, 1.807) is 7.11 Å². The summed E-state index contributed by atoms with van der Waals surface area (Å²) in [6.07, 6.45) is 0.731. The van der Waals surface area contributed by atoms with Crippen LogP contribution in [0.15, 0.2) is 18.2 Å². The molecular formula is C16H27ClN2O3. The van der Waals surface area contributed by atoms with Gasteiger partial charge in [0, 0.05) is 32.1 Å². The molecule has 1 saturated heterocycles. The number of aliphatic hydroxyl groups excluding tert-OH is 1. The van der Waals surface area contributed by atoms with Gasteiger partial charge in [-0.1, -0.05) is 13.0 Å². The molecule has 0 bridgehead atoms. The van der Waals surface area contributed by atoms with Crippen LogP contribution >= 0.6 is 12.4 Å². The fourth-order valence-electron chi connectivity index (χ4n) is 2.49. The molecule has 2 atom stereocenters. The Morgan fingerprint density at radius 3 is 2.77 bits per heavy atom. The second-order valence-corrected chi connectivity index (χ2v) is 5.45. The molecule has 2 rings (SSSR count). The third-order valence-corrected chi connectivity index (χ3v) is 3.73. The maximum absolute atomic E-state index is 9.76. The van der Waals surface area contributed by atoms with Gasteiger partial charge in [-0.15, -0.1) is 12.4 Å². The van der Waals surface area contributed by atoms with Crippen LogP contribution in [0.5, 0.6) is 11.5 Å². The molecule has 1 heterocycles. The number of methoxy groups -OCH3 is 1. The van der Waals surface area contributed by atoms with Gasteiger partial charge in [-0.3, -0.25) is 0 Å². The van der Waals surface area contributed by atoms with Crippen molar-refractivity contribution in [2.75, 3.05) is 33.4 Å². The summed E-state index contributed by atoms with van der Waals surface area (Å²) in [5, 5.41) is 16.3. The molecule has 0 spiro atoms. The van der Waals surface area contributed by atoms with Crippen LogP contribution in [0.4, 0.5) is 0 Å². The summed E-state index contributed by atoms with van der Waals surface area (Å²) >= 11 is 0. The molecule has 3 N–H and O–H groups in total. The fourth-order valence-corrected chi connectivity index (χ4v) is 2.49. The third-order valence-electron chi connectivity index (χ3n) is 3.73. The largest absolute Gasteiger partial charge is 0.493 e. The molecule has 126 valence electrons. The lowest BCUT2D eigenvalue weighted by Crippen LogP contribution is -2.30. The number of aliphatic hydroxyl groups is 1. The summed E-state index contributed by atoms with van der Waals surface area (Å²) < 4.78 is 11.0. The van der Waals surface area contributed by atoms with Crippen molar-refractivity contribution in [2.45, 2.75) is 26.0 Å². The number of ether oxygens (including phenoxy) is 2. The van der Waals surface area contributed by atoms with Crippen LogP contribution in [0, 0.1) is 5.92 Å². The summed E-state index contributed by atoms with van der Waals surface area (Å²) in [7, 11) is 1.65. The minimum absolute atomic E-state index is 0. The van der Waals surface area contributed by atoms with Gasteiger partial charge in [0.1, 0.15) is 0 Å². The van der Waals surface area contributed by atoms with E-state index in [4.69, 9.17) is 9.47 Å². The highest BCUT2D eigenvalue weighted by atomic mass is 35.5. The first-order chi connectivity index (χ1) is 10.2. The second kappa shape index (κ2) is 9.90. The smallest absolute Gasteiger partial charge is 0.161 e. The molecule has 22 heavy (non-hydrogen) atoms. The zero-order chi connectivity index (χ0) is 15.1. The minimum atomic E-state index is -0.239. The first kappa shape index (κ1) is 19.0. The quantitative estimate of drug-likeness (QED) is 0.675. The Bertz CT molecular complexity index is 445. The molecule has 1 aromatic carbocycles. The number of hydrogen-bond donors (Lipinski definition) is 3. The number of β-amino-alcohol motifs (C(OH)–C–C–N with tert-alkyl or cyclic N) is 1. The van der Waals surface area contributed by atoms with Crippen molar-refractivity contribution in [1.82, 2.24) is 10.6 Å². The molecule has 0 amide bonds. The van der Waals surface area contributed by atoms with Crippen LogP contribution in [0.2, 0.25) is 0 Å². The van der Waals surface area contributed by atoms with Crippen LogP contribution in [0.3, 0.4) is 0 Å². The van der Waals surface area contributed by atoms with Crippen LogP contribution in [0.25, 0.3) is 0 Å². The fraction of sp³-hybridized carbons (Fsp3) is 0.625. The van der Waals surface area contributed by atoms with Crippen molar-refractivity contribution in [3.63, 3.8) is 0 Å². The van der Waals surface area contributed by atoms with E-state index in [0.717, 1.165) is 43.1 Å². The van der Waals surface area contributed by atoms with E-state index < -0.39 is 0 Å². The lowest BCUT2D eigenvalue weighted by molar-refractivity contribution is 0.146. The first-order valence-electron chi connectivity index (χ1n) is 7.63. The number of hydrogen-bond acceptors (Lipinski definition) is 5. The topological polar surface area (TPSA) is 62.8 Å². The third kappa shape index (κ3) is 5.32. The van der Waals surface area contributed by atoms with Gasteiger partial charge in [-0.2, -0.15) is 0 Å². The van der Waals surface area contributed by atoms with Crippen LogP contribution in [0.1, 0.15) is 18.9 Å². The highest BCUT2D eigenvalue weighted by Gasteiger charge is 2.24. The van der Waals surface area contributed by atoms with Crippen molar-refractivity contribution >= 4 is 12.4 Å². The van der Waals surface area contributed by atoms with Crippen molar-refractivity contribution in [3.05, 3.63) is 23.8 Å². The predicted molar refractivity (Wildman–Crippen MR) is 90.1 cm³/mol. The number of halogens is 1. The molecule has 1 fully saturated rings. The average molecular weight is 331 g/mol. The van der Waals surface area contributed by atoms with Crippen LogP contribution in [-0.2, 0) is 6.54 Å². The maximum Gasteiger partial charge on any atom is 0.161 e. The molecule has 0 aromatic heterocycles. The van der Waals surface area contributed by atoms with Gasteiger partial charge in [-0.05, 0) is 24.1 Å². The van der Waals surface area contributed by atoms with Crippen molar-refractivity contribution in [2.24, 2.45) is 5.92 Å². The van der Waals surface area contributed by atoms with Gasteiger partial charge in [0.05, 0.1) is 19.8 Å². The van der Waals surface area contributed by atoms with Gasteiger partial charge in [-0.25, -0.2) is 0 Å². The molecule has 1 aliphatic heterocycles.